The second kappa shape index (κ2) is 6.56. The number of nitrogens with one attached hydrogen (secondary N) is 2. The number of halogens is 1. The summed E-state index contributed by atoms with van der Waals surface area (Å²) in [5, 5.41) is 4.58. The standard InChI is InChI=1S/C12H15BrN2O5/c1-12(2,3)15-11(18)14-9(16)6-19-10(17)7-4-5-8(13)20-7/h4-5H,6H2,1-3H3,(H2,14,15,16,18). The van der Waals surface area contributed by atoms with Crippen LogP contribution < -0.4 is 10.6 Å². The molecule has 0 unspecified atom stereocenters. The summed E-state index contributed by atoms with van der Waals surface area (Å²) in [6.07, 6.45) is 0. The van der Waals surface area contributed by atoms with E-state index in [1.54, 1.807) is 20.8 Å². The van der Waals surface area contributed by atoms with Crippen LogP contribution in [0.25, 0.3) is 0 Å². The molecule has 0 aliphatic heterocycles. The van der Waals surface area contributed by atoms with Crippen LogP contribution in [-0.2, 0) is 9.53 Å². The fourth-order valence-corrected chi connectivity index (χ4v) is 1.47. The lowest BCUT2D eigenvalue weighted by atomic mass is 10.1. The Kier molecular flexibility index (Phi) is 5.32. The molecule has 0 bridgehead atoms. The molecule has 0 aromatic carbocycles. The quantitative estimate of drug-likeness (QED) is 0.813. The minimum atomic E-state index is -0.790. The molecular formula is C12H15BrN2O5. The van der Waals surface area contributed by atoms with Crippen LogP contribution in [0.4, 0.5) is 4.79 Å². The maximum atomic E-state index is 11.5. The number of amides is 3. The van der Waals surface area contributed by atoms with Gasteiger partial charge in [-0.3, -0.25) is 10.1 Å². The Hall–Kier alpha value is -1.83. The van der Waals surface area contributed by atoms with Gasteiger partial charge in [-0.05, 0) is 48.8 Å². The van der Waals surface area contributed by atoms with E-state index in [1.807, 2.05) is 5.32 Å². The zero-order valence-electron chi connectivity index (χ0n) is 11.3. The fourth-order valence-electron chi connectivity index (χ4n) is 1.16. The summed E-state index contributed by atoms with van der Waals surface area (Å²) in [6.45, 7) is 4.73. The zero-order valence-corrected chi connectivity index (χ0v) is 12.9. The molecule has 110 valence electrons. The minimum absolute atomic E-state index is 0.0381. The van der Waals surface area contributed by atoms with Crippen LogP contribution in [0.5, 0.6) is 0 Å². The highest BCUT2D eigenvalue weighted by atomic mass is 79.9. The van der Waals surface area contributed by atoms with Crippen molar-refractivity contribution in [2.75, 3.05) is 6.61 Å². The predicted octanol–water partition coefficient (Wildman–Crippen LogP) is 1.82. The van der Waals surface area contributed by atoms with Gasteiger partial charge in [-0.25, -0.2) is 9.59 Å². The van der Waals surface area contributed by atoms with Gasteiger partial charge >= 0.3 is 12.0 Å². The van der Waals surface area contributed by atoms with Crippen LogP contribution in [0, 0.1) is 0 Å². The number of ether oxygens (including phenoxy) is 1. The number of esters is 1. The van der Waals surface area contributed by atoms with Crippen molar-refractivity contribution < 1.29 is 23.5 Å². The number of furan rings is 1. The number of carbonyl (C=O) groups excluding carboxylic acids is 3. The zero-order chi connectivity index (χ0) is 15.3. The maximum Gasteiger partial charge on any atom is 0.374 e. The molecular weight excluding hydrogens is 332 g/mol. The van der Waals surface area contributed by atoms with E-state index in [9.17, 15) is 14.4 Å². The van der Waals surface area contributed by atoms with Crippen molar-refractivity contribution >= 4 is 33.8 Å². The number of hydrogen-bond donors (Lipinski definition) is 2. The van der Waals surface area contributed by atoms with Crippen molar-refractivity contribution in [1.82, 2.24) is 10.6 Å². The van der Waals surface area contributed by atoms with E-state index in [2.05, 4.69) is 26.0 Å². The molecule has 8 heteroatoms. The average Bonchev–Trinajstić information content (AvgIpc) is 2.70. The average molecular weight is 347 g/mol. The molecule has 7 nitrogen and oxygen atoms in total. The van der Waals surface area contributed by atoms with Gasteiger partial charge in [0.15, 0.2) is 11.3 Å². The molecule has 0 radical (unpaired) electrons. The molecule has 0 atom stereocenters. The molecule has 0 saturated carbocycles. The van der Waals surface area contributed by atoms with Gasteiger partial charge in [0.25, 0.3) is 5.91 Å². The maximum absolute atomic E-state index is 11.5. The highest BCUT2D eigenvalue weighted by Gasteiger charge is 2.18. The number of carbonyl (C=O) groups is 3. The van der Waals surface area contributed by atoms with E-state index in [0.717, 1.165) is 0 Å². The van der Waals surface area contributed by atoms with Crippen molar-refractivity contribution in [3.8, 4) is 0 Å². The highest BCUT2D eigenvalue weighted by molar-refractivity contribution is 9.10. The third kappa shape index (κ3) is 5.87. The van der Waals surface area contributed by atoms with Crippen LogP contribution in [0.15, 0.2) is 21.2 Å². The van der Waals surface area contributed by atoms with Gasteiger partial charge in [0.1, 0.15) is 0 Å². The van der Waals surface area contributed by atoms with Gasteiger partial charge in [0.2, 0.25) is 5.76 Å². The van der Waals surface area contributed by atoms with Crippen molar-refractivity contribution in [1.29, 1.82) is 0 Å². The third-order valence-electron chi connectivity index (χ3n) is 1.85. The first-order valence-corrected chi connectivity index (χ1v) is 6.51. The monoisotopic (exact) mass is 346 g/mol. The van der Waals surface area contributed by atoms with E-state index in [4.69, 9.17) is 4.42 Å². The molecule has 0 saturated heterocycles. The largest absolute Gasteiger partial charge is 0.450 e. The molecule has 0 spiro atoms. The molecule has 1 rings (SSSR count). The van der Waals surface area contributed by atoms with Gasteiger partial charge in [0.05, 0.1) is 0 Å². The SMILES string of the molecule is CC(C)(C)NC(=O)NC(=O)COC(=O)c1ccc(Br)o1. The molecule has 2 N–H and O–H groups in total. The summed E-state index contributed by atoms with van der Waals surface area (Å²) in [4.78, 5) is 34.2. The van der Waals surface area contributed by atoms with Gasteiger partial charge in [-0.2, -0.15) is 0 Å². The number of urea groups is 1. The Bertz CT molecular complexity index is 518. The van der Waals surface area contributed by atoms with Crippen molar-refractivity contribution in [2.24, 2.45) is 0 Å². The number of rotatable bonds is 3. The van der Waals surface area contributed by atoms with Crippen LogP contribution in [0.1, 0.15) is 31.3 Å². The second-order valence-corrected chi connectivity index (χ2v) is 5.71. The molecule has 20 heavy (non-hydrogen) atoms. The Labute approximate surface area is 124 Å². The molecule has 1 heterocycles. The Balaban J connectivity index is 2.37. The van der Waals surface area contributed by atoms with Gasteiger partial charge in [-0.15, -0.1) is 0 Å². The van der Waals surface area contributed by atoms with E-state index < -0.39 is 30.1 Å². The topological polar surface area (TPSA) is 97.6 Å². The van der Waals surface area contributed by atoms with Crippen molar-refractivity contribution in [2.45, 2.75) is 26.3 Å². The summed E-state index contributed by atoms with van der Waals surface area (Å²) in [6, 6.07) is 2.27. The number of imide groups is 1. The minimum Gasteiger partial charge on any atom is -0.450 e. The lowest BCUT2D eigenvalue weighted by Crippen LogP contribution is -2.49. The summed E-state index contributed by atoms with van der Waals surface area (Å²) in [7, 11) is 0. The van der Waals surface area contributed by atoms with E-state index in [0.29, 0.717) is 4.67 Å². The normalized spacial score (nSPS) is 10.8. The summed E-state index contributed by atoms with van der Waals surface area (Å²) in [5.41, 5.74) is -0.471. The Morgan fingerprint density at radius 2 is 1.95 bits per heavy atom. The molecule has 3 amide bonds. The summed E-state index contributed by atoms with van der Waals surface area (Å²) < 4.78 is 10.0. The highest BCUT2D eigenvalue weighted by Crippen LogP contribution is 2.14. The molecule has 1 aromatic heterocycles. The van der Waals surface area contributed by atoms with Crippen molar-refractivity contribution in [3.05, 3.63) is 22.6 Å². The molecule has 0 aliphatic carbocycles. The Morgan fingerprint density at radius 3 is 2.45 bits per heavy atom. The van der Waals surface area contributed by atoms with E-state index >= 15 is 0 Å². The predicted molar refractivity (Wildman–Crippen MR) is 73.1 cm³/mol. The molecule has 1 aromatic rings. The smallest absolute Gasteiger partial charge is 0.374 e. The van der Waals surface area contributed by atoms with Crippen LogP contribution >= 0.6 is 15.9 Å². The van der Waals surface area contributed by atoms with E-state index in [1.165, 1.54) is 12.1 Å². The van der Waals surface area contributed by atoms with Gasteiger partial charge in [-0.1, -0.05) is 0 Å². The first-order chi connectivity index (χ1) is 9.17. The Morgan fingerprint density at radius 1 is 1.30 bits per heavy atom. The van der Waals surface area contributed by atoms with Crippen LogP contribution in [-0.4, -0.2) is 30.1 Å². The van der Waals surface area contributed by atoms with E-state index in [-0.39, 0.29) is 5.76 Å². The fraction of sp³-hybridized carbons (Fsp3) is 0.417. The first kappa shape index (κ1) is 16.2. The van der Waals surface area contributed by atoms with Crippen molar-refractivity contribution in [3.63, 3.8) is 0 Å². The second-order valence-electron chi connectivity index (χ2n) is 4.93. The van der Waals surface area contributed by atoms with Crippen LogP contribution in [0.2, 0.25) is 0 Å². The molecule has 0 fully saturated rings. The first-order valence-electron chi connectivity index (χ1n) is 5.72. The molecule has 0 aliphatic rings. The van der Waals surface area contributed by atoms with Crippen LogP contribution in [0.3, 0.4) is 0 Å². The van der Waals surface area contributed by atoms with Gasteiger partial charge < -0.3 is 14.5 Å². The lowest BCUT2D eigenvalue weighted by Gasteiger charge is -2.20. The van der Waals surface area contributed by atoms with Gasteiger partial charge in [0, 0.05) is 5.54 Å². The summed E-state index contributed by atoms with van der Waals surface area (Å²) in [5.74, 6) is -1.56. The lowest BCUT2D eigenvalue weighted by molar-refractivity contribution is -0.123. The third-order valence-corrected chi connectivity index (χ3v) is 2.28. The number of hydrogen-bond acceptors (Lipinski definition) is 5. The summed E-state index contributed by atoms with van der Waals surface area (Å²) >= 11 is 3.03.